The van der Waals surface area contributed by atoms with Gasteiger partial charge >= 0.3 is 6.85 Å². The van der Waals surface area contributed by atoms with Gasteiger partial charge in [-0.05, 0) is 253 Å². The van der Waals surface area contributed by atoms with Crippen molar-refractivity contribution in [2.75, 3.05) is 0 Å². The molecule has 6 heteroatoms. The fourth-order valence-corrected chi connectivity index (χ4v) is 16.8. The highest BCUT2D eigenvalue weighted by Gasteiger charge is 2.44. The summed E-state index contributed by atoms with van der Waals surface area (Å²) in [5.74, 6) is 1.90. The van der Waals surface area contributed by atoms with Crippen molar-refractivity contribution >= 4 is 61.4 Å². The molecule has 0 atom stereocenters. The molecule has 0 bridgehead atoms. The Kier molecular flexibility index (Phi) is 12.4. The van der Waals surface area contributed by atoms with E-state index in [2.05, 4.69) is 261 Å². The number of hydrogen-bond donors (Lipinski definition) is 0. The van der Waals surface area contributed by atoms with E-state index in [-0.39, 0.29) is 6.85 Å². The van der Waals surface area contributed by atoms with Crippen LogP contribution >= 0.6 is 0 Å². The maximum atomic E-state index is 5.28. The molecule has 5 nitrogen and oxygen atoms in total. The van der Waals surface area contributed by atoms with Gasteiger partial charge in [0.25, 0.3) is 0 Å². The third-order valence-corrected chi connectivity index (χ3v) is 20.3. The van der Waals surface area contributed by atoms with Crippen LogP contribution in [0.25, 0.3) is 150 Å². The second-order valence-electron chi connectivity index (χ2n) is 26.5. The molecule has 2 aliphatic heterocycles. The van der Waals surface area contributed by atoms with Crippen LogP contribution in [0.3, 0.4) is 0 Å². The molecular formula is C86H68BN5. The highest BCUT2D eigenvalue weighted by molar-refractivity contribution is 6.90. The lowest BCUT2D eigenvalue weighted by atomic mass is 9.45. The van der Waals surface area contributed by atoms with Gasteiger partial charge in [-0.3, -0.25) is 0 Å². The van der Waals surface area contributed by atoms with Crippen LogP contribution in [0, 0.1) is 76.2 Å². The molecule has 0 aliphatic carbocycles. The van der Waals surface area contributed by atoms with Crippen LogP contribution in [-0.4, -0.2) is 30.8 Å². The molecule has 0 fully saturated rings. The van der Waals surface area contributed by atoms with Crippen LogP contribution in [0.15, 0.2) is 212 Å². The molecular weight excluding hydrogens is 1110 g/mol. The minimum Gasteiger partial charge on any atom is -0.375 e. The Morgan fingerprint density at radius 2 is 0.728 bits per heavy atom. The summed E-state index contributed by atoms with van der Waals surface area (Å²) in [6.07, 6.45) is 0. The lowest BCUT2D eigenvalue weighted by Crippen LogP contribution is -2.55. The number of aromatic nitrogens is 5. The van der Waals surface area contributed by atoms with Crippen molar-refractivity contribution in [2.45, 2.75) is 76.2 Å². The number of nitrogens with zero attached hydrogens (tertiary/aromatic N) is 5. The molecule has 0 N–H and O–H groups in total. The summed E-state index contributed by atoms with van der Waals surface area (Å²) in [7, 11) is 0. The minimum atomic E-state index is -0.201. The van der Waals surface area contributed by atoms with Crippen molar-refractivity contribution in [1.82, 2.24) is 24.0 Å². The molecule has 12 aromatic carbocycles. The Hall–Kier alpha value is -10.7. The van der Waals surface area contributed by atoms with Crippen LogP contribution in [0.4, 0.5) is 0 Å². The van der Waals surface area contributed by atoms with Gasteiger partial charge in [0.15, 0.2) is 17.5 Å². The number of fused-ring (bicyclic) bond motifs is 10. The zero-order valence-electron chi connectivity index (χ0n) is 54.0. The highest BCUT2D eigenvalue weighted by Crippen LogP contribution is 2.50. The average Bonchev–Trinajstić information content (AvgIpc) is 1.43. The molecule has 0 saturated carbocycles. The monoisotopic (exact) mass is 1180 g/mol. The summed E-state index contributed by atoms with van der Waals surface area (Å²) in [4.78, 5) is 15.6. The lowest BCUT2D eigenvalue weighted by Gasteiger charge is -2.36. The van der Waals surface area contributed by atoms with Crippen molar-refractivity contribution in [2.24, 2.45) is 0 Å². The van der Waals surface area contributed by atoms with E-state index in [0.29, 0.717) is 17.5 Å². The van der Waals surface area contributed by atoms with Gasteiger partial charge in [0.2, 0.25) is 0 Å². The normalized spacial score (nSPS) is 12.3. The van der Waals surface area contributed by atoms with E-state index in [9.17, 15) is 0 Å². The van der Waals surface area contributed by atoms with E-state index < -0.39 is 0 Å². The maximum absolute atomic E-state index is 5.28. The summed E-state index contributed by atoms with van der Waals surface area (Å²) in [6.45, 7) is 24.8. The molecule has 0 amide bonds. The first-order valence-corrected chi connectivity index (χ1v) is 32.3. The lowest BCUT2D eigenvalue weighted by molar-refractivity contribution is 1.07. The summed E-state index contributed by atoms with van der Waals surface area (Å²) in [5, 5.41) is 5.02. The molecule has 440 valence electrons. The fraction of sp³-hybridized carbons (Fsp3) is 0.128. The van der Waals surface area contributed by atoms with Crippen LogP contribution < -0.4 is 10.9 Å². The first kappa shape index (κ1) is 55.4. The summed E-state index contributed by atoms with van der Waals surface area (Å²) < 4.78 is 5.43. The molecule has 5 heterocycles. The Bertz CT molecular complexity index is 5560. The van der Waals surface area contributed by atoms with Gasteiger partial charge in [-0.15, -0.1) is 0 Å². The van der Waals surface area contributed by atoms with Crippen molar-refractivity contribution < 1.29 is 0 Å². The second kappa shape index (κ2) is 20.7. The van der Waals surface area contributed by atoms with E-state index >= 15 is 0 Å². The molecule has 3 aromatic heterocycles. The minimum absolute atomic E-state index is 0.201. The quantitative estimate of drug-likeness (QED) is 0.142. The molecule has 0 spiro atoms. The molecule has 2 aliphatic rings. The van der Waals surface area contributed by atoms with Crippen LogP contribution in [0.1, 0.15) is 61.2 Å². The molecule has 15 aromatic rings. The number of aryl methyl sites for hydroxylation is 10. The molecule has 92 heavy (non-hydrogen) atoms. The Morgan fingerprint density at radius 3 is 1.29 bits per heavy atom. The van der Waals surface area contributed by atoms with Gasteiger partial charge in [0.1, 0.15) is 0 Å². The van der Waals surface area contributed by atoms with Gasteiger partial charge < -0.3 is 9.05 Å². The predicted molar refractivity (Wildman–Crippen MR) is 389 cm³/mol. The summed E-state index contributed by atoms with van der Waals surface area (Å²) in [6, 6.07) is 79.7. The van der Waals surface area contributed by atoms with E-state index in [1.807, 2.05) is 36.4 Å². The molecule has 0 saturated heterocycles. The van der Waals surface area contributed by atoms with Crippen LogP contribution in [-0.2, 0) is 0 Å². The standard InChI is InChI=1S/C86H68BN5/c1-47-35-53(7)78(54(8)36-47)62-31-33-73-67(40-62)70-43-65(79-55(9)37-48(2)38-56(79)10)45-72-83(70)91(73)75-46-66(60-29-20-30-63(39-60)86-89-84(58-25-14-12-15-26-58)88-85(90-86)59-27-16-13-17-28-59)57(11)80-71-44-64(77-51(5)23-19-24-52(77)6)42-69-68-41-61(76-49(3)21-18-22-50(76)4)32-34-74(68)92(82(69)71)87(72)81(75)80/h12-46H,1-11H3. The van der Waals surface area contributed by atoms with Crippen LogP contribution in [0.2, 0.25) is 0 Å². The molecule has 0 radical (unpaired) electrons. The maximum Gasteiger partial charge on any atom is 0.333 e. The third kappa shape index (κ3) is 8.35. The van der Waals surface area contributed by atoms with Crippen molar-refractivity contribution in [1.29, 1.82) is 0 Å². The van der Waals surface area contributed by atoms with E-state index in [4.69, 9.17) is 15.0 Å². The van der Waals surface area contributed by atoms with Crippen LogP contribution in [0.5, 0.6) is 0 Å². The first-order chi connectivity index (χ1) is 44.6. The largest absolute Gasteiger partial charge is 0.375 e. The molecule has 0 unspecified atom stereocenters. The van der Waals surface area contributed by atoms with Crippen molar-refractivity contribution in [3.8, 4) is 107 Å². The van der Waals surface area contributed by atoms with Crippen molar-refractivity contribution in [3.63, 3.8) is 0 Å². The van der Waals surface area contributed by atoms with Crippen molar-refractivity contribution in [3.05, 3.63) is 274 Å². The van der Waals surface area contributed by atoms with Gasteiger partial charge in [-0.25, -0.2) is 15.0 Å². The van der Waals surface area contributed by atoms with Gasteiger partial charge in [-0.2, -0.15) is 0 Å². The number of hydrogen-bond acceptors (Lipinski definition) is 3. The Labute approximate surface area is 538 Å². The van der Waals surface area contributed by atoms with Gasteiger partial charge in [-0.1, -0.05) is 169 Å². The number of rotatable bonds is 8. The summed E-state index contributed by atoms with van der Waals surface area (Å²) in [5.41, 5.74) is 40.5. The zero-order chi connectivity index (χ0) is 62.7. The average molecular weight is 1180 g/mol. The molecule has 17 rings (SSSR count). The van der Waals surface area contributed by atoms with E-state index in [0.717, 1.165) is 27.8 Å². The van der Waals surface area contributed by atoms with Gasteiger partial charge in [0, 0.05) is 60.5 Å². The smallest absolute Gasteiger partial charge is 0.333 e. The van der Waals surface area contributed by atoms with E-state index in [1.165, 1.54) is 177 Å². The Morgan fingerprint density at radius 1 is 0.293 bits per heavy atom. The van der Waals surface area contributed by atoms with Gasteiger partial charge in [0.05, 0.1) is 11.0 Å². The second-order valence-corrected chi connectivity index (χ2v) is 26.5. The highest BCUT2D eigenvalue weighted by atomic mass is 15.0. The summed E-state index contributed by atoms with van der Waals surface area (Å²) >= 11 is 0. The SMILES string of the molecule is Cc1cc(C)c(-c2ccc3c(c2)c2cc(-c4c(C)cc(C)cc4C)cc4c2n3-c2cc(-c3cccc(-c5nc(-c6ccccc6)nc(-c6ccccc6)n5)c3)c(C)c3c2B4n2c4ccc(-c5c(C)cccc5C)cc4c4cc(-c5c(C)cccc5C)cc-3c42)c(C)c1. The van der Waals surface area contributed by atoms with E-state index in [1.54, 1.807) is 0 Å². The fourth-order valence-electron chi connectivity index (χ4n) is 16.8. The topological polar surface area (TPSA) is 48.5 Å². The third-order valence-electron chi connectivity index (χ3n) is 20.3. The first-order valence-electron chi connectivity index (χ1n) is 32.3. The predicted octanol–water partition coefficient (Wildman–Crippen LogP) is 20.8. The number of benzene rings is 12. The Balaban J connectivity index is 1.02. The zero-order valence-corrected chi connectivity index (χ0v) is 54.0.